The van der Waals surface area contributed by atoms with Crippen molar-refractivity contribution in [3.8, 4) is 5.75 Å². The van der Waals surface area contributed by atoms with Crippen LogP contribution < -0.4 is 20.3 Å². The molecule has 1 aliphatic heterocycles. The number of rotatable bonds is 7. The number of urea groups is 1. The van der Waals surface area contributed by atoms with Crippen LogP contribution in [0.15, 0.2) is 48.5 Å². The van der Waals surface area contributed by atoms with E-state index in [0.717, 1.165) is 26.2 Å². The molecule has 0 radical (unpaired) electrons. The lowest BCUT2D eigenvalue weighted by Crippen LogP contribution is -2.48. The van der Waals surface area contributed by atoms with E-state index in [-0.39, 0.29) is 12.1 Å². The van der Waals surface area contributed by atoms with Gasteiger partial charge in [0.15, 0.2) is 0 Å². The molecule has 0 aromatic heterocycles. The molecule has 2 aromatic rings. The number of hydrogen-bond donors (Lipinski definition) is 2. The van der Waals surface area contributed by atoms with E-state index in [1.165, 1.54) is 11.3 Å². The van der Waals surface area contributed by atoms with Crippen molar-refractivity contribution in [2.24, 2.45) is 0 Å². The lowest BCUT2D eigenvalue weighted by atomic mass is 10.0. The number of methoxy groups -OCH3 is 1. The second-order valence-electron chi connectivity index (χ2n) is 7.91. The van der Waals surface area contributed by atoms with Gasteiger partial charge in [0.2, 0.25) is 0 Å². The molecule has 0 saturated carbocycles. The van der Waals surface area contributed by atoms with Gasteiger partial charge in [0.05, 0.1) is 13.2 Å². The molecule has 30 heavy (non-hydrogen) atoms. The molecule has 162 valence electrons. The fourth-order valence-electron chi connectivity index (χ4n) is 3.65. The standard InChI is InChI=1S/C23H33N5O2/c1-26(2)20-10-8-18(9-11-20)22(28-14-12-27(3)13-15-28)17-24-23(29)25-19-6-5-7-21(16-19)30-4/h5-11,16,22H,12-15,17H2,1-4H3,(H2,24,25,29). The van der Waals surface area contributed by atoms with E-state index < -0.39 is 0 Å². The summed E-state index contributed by atoms with van der Waals surface area (Å²) in [6.07, 6.45) is 0. The highest BCUT2D eigenvalue weighted by Crippen LogP contribution is 2.24. The first-order valence-corrected chi connectivity index (χ1v) is 10.3. The van der Waals surface area contributed by atoms with Gasteiger partial charge in [-0.1, -0.05) is 18.2 Å². The molecule has 1 unspecified atom stereocenters. The maximum absolute atomic E-state index is 12.5. The number of piperazine rings is 1. The van der Waals surface area contributed by atoms with Crippen LogP contribution in [0.25, 0.3) is 0 Å². The third-order valence-electron chi connectivity index (χ3n) is 5.56. The van der Waals surface area contributed by atoms with Crippen LogP contribution in [-0.2, 0) is 0 Å². The summed E-state index contributed by atoms with van der Waals surface area (Å²) in [5.74, 6) is 0.712. The molecule has 1 atom stereocenters. The molecule has 3 rings (SSSR count). The van der Waals surface area contributed by atoms with E-state index in [0.29, 0.717) is 18.0 Å². The number of carbonyl (C=O) groups is 1. The molecule has 1 aliphatic rings. The molecule has 2 N–H and O–H groups in total. The van der Waals surface area contributed by atoms with Gasteiger partial charge in [0.25, 0.3) is 0 Å². The molecular formula is C23H33N5O2. The van der Waals surface area contributed by atoms with Crippen LogP contribution in [0.3, 0.4) is 0 Å². The van der Waals surface area contributed by atoms with Gasteiger partial charge in [-0.3, -0.25) is 4.90 Å². The van der Waals surface area contributed by atoms with Gasteiger partial charge >= 0.3 is 6.03 Å². The molecule has 0 spiro atoms. The van der Waals surface area contributed by atoms with Crippen molar-refractivity contribution in [2.45, 2.75) is 6.04 Å². The molecule has 7 heteroatoms. The van der Waals surface area contributed by atoms with Crippen LogP contribution in [0.2, 0.25) is 0 Å². The molecule has 0 aliphatic carbocycles. The van der Waals surface area contributed by atoms with Crippen molar-refractivity contribution >= 4 is 17.4 Å². The lowest BCUT2D eigenvalue weighted by molar-refractivity contribution is 0.111. The fraction of sp³-hybridized carbons (Fsp3) is 0.435. The minimum atomic E-state index is -0.215. The number of benzene rings is 2. The van der Waals surface area contributed by atoms with Gasteiger partial charge < -0.3 is 25.2 Å². The summed E-state index contributed by atoms with van der Waals surface area (Å²) < 4.78 is 5.22. The highest BCUT2D eigenvalue weighted by molar-refractivity contribution is 5.89. The van der Waals surface area contributed by atoms with Crippen molar-refractivity contribution in [3.63, 3.8) is 0 Å². The summed E-state index contributed by atoms with van der Waals surface area (Å²) in [4.78, 5) is 19.4. The van der Waals surface area contributed by atoms with E-state index in [2.05, 4.69) is 56.6 Å². The van der Waals surface area contributed by atoms with Gasteiger partial charge in [-0.2, -0.15) is 0 Å². The van der Waals surface area contributed by atoms with Crippen molar-refractivity contribution in [1.82, 2.24) is 15.1 Å². The van der Waals surface area contributed by atoms with Gasteiger partial charge in [-0.25, -0.2) is 4.79 Å². The maximum Gasteiger partial charge on any atom is 0.319 e. The van der Waals surface area contributed by atoms with Crippen molar-refractivity contribution in [2.75, 3.05) is 71.2 Å². The molecule has 2 aromatic carbocycles. The zero-order valence-electron chi connectivity index (χ0n) is 18.4. The first-order valence-electron chi connectivity index (χ1n) is 10.3. The zero-order chi connectivity index (χ0) is 21.5. The third kappa shape index (κ3) is 5.87. The average molecular weight is 412 g/mol. The number of ether oxygens (including phenoxy) is 1. The molecular weight excluding hydrogens is 378 g/mol. The number of anilines is 2. The zero-order valence-corrected chi connectivity index (χ0v) is 18.4. The first-order chi connectivity index (χ1) is 14.5. The van der Waals surface area contributed by atoms with E-state index in [4.69, 9.17) is 4.74 Å². The summed E-state index contributed by atoms with van der Waals surface area (Å²) >= 11 is 0. The molecule has 2 amide bonds. The second kappa shape index (κ2) is 10.3. The van der Waals surface area contributed by atoms with Crippen LogP contribution in [0.1, 0.15) is 11.6 Å². The molecule has 1 fully saturated rings. The molecule has 0 bridgehead atoms. The van der Waals surface area contributed by atoms with E-state index in [9.17, 15) is 4.79 Å². The smallest absolute Gasteiger partial charge is 0.319 e. The van der Waals surface area contributed by atoms with Crippen LogP contribution in [0.4, 0.5) is 16.2 Å². The monoisotopic (exact) mass is 411 g/mol. The Morgan fingerprint density at radius 1 is 1.10 bits per heavy atom. The average Bonchev–Trinajstić information content (AvgIpc) is 2.75. The SMILES string of the molecule is COc1cccc(NC(=O)NCC(c2ccc(N(C)C)cc2)N2CCN(C)CC2)c1. The topological polar surface area (TPSA) is 60.1 Å². The quantitative estimate of drug-likeness (QED) is 0.734. The maximum atomic E-state index is 12.5. The van der Waals surface area contributed by atoms with Gasteiger partial charge in [-0.05, 0) is 36.9 Å². The molecule has 1 saturated heterocycles. The van der Waals surface area contributed by atoms with Crippen LogP contribution in [0.5, 0.6) is 5.75 Å². The Labute approximate surface area is 179 Å². The highest BCUT2D eigenvalue weighted by Gasteiger charge is 2.24. The highest BCUT2D eigenvalue weighted by atomic mass is 16.5. The van der Waals surface area contributed by atoms with Crippen LogP contribution >= 0.6 is 0 Å². The first kappa shape index (κ1) is 21.9. The molecule has 7 nitrogen and oxygen atoms in total. The number of likely N-dealkylation sites (N-methyl/N-ethyl adjacent to an activating group) is 1. The Morgan fingerprint density at radius 2 is 1.80 bits per heavy atom. The summed E-state index contributed by atoms with van der Waals surface area (Å²) in [7, 11) is 7.84. The van der Waals surface area contributed by atoms with Crippen molar-refractivity contribution in [1.29, 1.82) is 0 Å². The summed E-state index contributed by atoms with van der Waals surface area (Å²) in [6, 6.07) is 15.9. The minimum absolute atomic E-state index is 0.131. The number of nitrogens with zero attached hydrogens (tertiary/aromatic N) is 3. The number of nitrogens with one attached hydrogen (secondary N) is 2. The van der Waals surface area contributed by atoms with E-state index >= 15 is 0 Å². The summed E-state index contributed by atoms with van der Waals surface area (Å²) in [5, 5.41) is 5.95. The predicted octanol–water partition coefficient (Wildman–Crippen LogP) is 2.87. The third-order valence-corrected chi connectivity index (χ3v) is 5.56. The number of amides is 2. The summed E-state index contributed by atoms with van der Waals surface area (Å²) in [5.41, 5.74) is 3.09. The minimum Gasteiger partial charge on any atom is -0.497 e. The Morgan fingerprint density at radius 3 is 2.43 bits per heavy atom. The Hall–Kier alpha value is -2.77. The summed E-state index contributed by atoms with van der Waals surface area (Å²) in [6.45, 7) is 4.57. The second-order valence-corrected chi connectivity index (χ2v) is 7.91. The Kier molecular flexibility index (Phi) is 7.54. The Bertz CT molecular complexity index is 817. The number of carbonyl (C=O) groups excluding carboxylic acids is 1. The van der Waals surface area contributed by atoms with Crippen molar-refractivity contribution in [3.05, 3.63) is 54.1 Å². The largest absolute Gasteiger partial charge is 0.497 e. The van der Waals surface area contributed by atoms with Gasteiger partial charge in [0, 0.05) is 64.3 Å². The van der Waals surface area contributed by atoms with Crippen LogP contribution in [0, 0.1) is 0 Å². The van der Waals surface area contributed by atoms with Gasteiger partial charge in [-0.15, -0.1) is 0 Å². The number of hydrogen-bond acceptors (Lipinski definition) is 5. The van der Waals surface area contributed by atoms with E-state index in [1.54, 1.807) is 13.2 Å². The Balaban J connectivity index is 1.67. The van der Waals surface area contributed by atoms with E-state index in [1.807, 2.05) is 32.3 Å². The molecule has 1 heterocycles. The lowest BCUT2D eigenvalue weighted by Gasteiger charge is -2.38. The predicted molar refractivity (Wildman–Crippen MR) is 123 cm³/mol. The van der Waals surface area contributed by atoms with Gasteiger partial charge in [0.1, 0.15) is 5.75 Å². The van der Waals surface area contributed by atoms with Crippen LogP contribution in [-0.4, -0.2) is 76.8 Å². The fourth-order valence-corrected chi connectivity index (χ4v) is 3.65. The normalized spacial score (nSPS) is 16.0. The van der Waals surface area contributed by atoms with Crippen molar-refractivity contribution < 1.29 is 9.53 Å².